The summed E-state index contributed by atoms with van der Waals surface area (Å²) in [5, 5.41) is 131. The van der Waals surface area contributed by atoms with E-state index in [-0.39, 0.29) is 0 Å². The summed E-state index contributed by atoms with van der Waals surface area (Å²) in [6.45, 7) is -1.40. The third-order valence-electron chi connectivity index (χ3n) is 9.07. The van der Waals surface area contributed by atoms with Crippen LogP contribution in [0.2, 0.25) is 0 Å². The predicted molar refractivity (Wildman–Crippen MR) is 171 cm³/mol. The van der Waals surface area contributed by atoms with Gasteiger partial charge in [0.2, 0.25) is 17.7 Å². The van der Waals surface area contributed by atoms with Crippen molar-refractivity contribution >= 4 is 17.7 Å². The van der Waals surface area contributed by atoms with Crippen molar-refractivity contribution in [1.82, 2.24) is 16.0 Å². The summed E-state index contributed by atoms with van der Waals surface area (Å²) < 4.78 is 34.4. The number of rotatable bonds is 17. The summed E-state index contributed by atoms with van der Waals surface area (Å²) >= 11 is 0. The number of amides is 3. The van der Waals surface area contributed by atoms with E-state index in [1.807, 2.05) is 0 Å². The van der Waals surface area contributed by atoms with Gasteiger partial charge in [-0.25, -0.2) is 0 Å². The monoisotopic (exact) mass is 791 g/mol. The van der Waals surface area contributed by atoms with E-state index in [2.05, 4.69) is 16.0 Å². The lowest BCUT2D eigenvalue weighted by atomic mass is 9.93. The Morgan fingerprint density at radius 2 is 1.06 bits per heavy atom. The Bertz CT molecular complexity index is 1210. The fourth-order valence-electron chi connectivity index (χ4n) is 6.36. The average Bonchev–Trinajstić information content (AvgIpc) is 3.13. The zero-order valence-corrected chi connectivity index (χ0v) is 29.5. The molecule has 3 fully saturated rings. The van der Waals surface area contributed by atoms with Crippen LogP contribution in [0.25, 0.3) is 0 Å². The lowest BCUT2D eigenvalue weighted by Gasteiger charge is -2.50. The van der Waals surface area contributed by atoms with Gasteiger partial charge in [-0.15, -0.1) is 0 Å². The largest absolute Gasteiger partial charge is 0.394 e. The van der Waals surface area contributed by atoms with Crippen molar-refractivity contribution in [2.24, 2.45) is 0 Å². The van der Waals surface area contributed by atoms with Gasteiger partial charge in [-0.2, -0.15) is 0 Å². The minimum absolute atomic E-state index is 0.705. The van der Waals surface area contributed by atoms with Crippen molar-refractivity contribution in [3.05, 3.63) is 0 Å². The number of nitrogens with one attached hydrogen (secondary N) is 3. The molecule has 3 heterocycles. The Morgan fingerprint density at radius 1 is 0.593 bits per heavy atom. The number of ether oxygens (including phenoxy) is 6. The number of hydrogen-bond acceptors (Lipinski definition) is 21. The second-order valence-electron chi connectivity index (χ2n) is 13.1. The van der Waals surface area contributed by atoms with Crippen molar-refractivity contribution in [3.63, 3.8) is 0 Å². The second-order valence-corrected chi connectivity index (χ2v) is 13.1. The standard InChI is InChI=1S/C30H53N3O21/c1-9(39)31-12(4-34)25(19(43)13(42)5-35)52-28-17(32-10(2)40)21(45)26(15(7-37)50-28)53-29-18(33-11(3)41)22(46)27(16(8-38)51-29)54-30-24(48)23(47)20(44)14(6-36)49-30/h12-30,34-38,42-48H,4-8H2,1-3H3,(H,31,39)(H,32,40)(H,33,41)/t12-,13+,14+,15+,16+,17+,18+,19-,20-,21+,22+,23-,24+,25+,26+,27-,28-,29-,30-/m0/s1. The van der Waals surface area contributed by atoms with Crippen LogP contribution in [0.5, 0.6) is 0 Å². The third-order valence-corrected chi connectivity index (χ3v) is 9.07. The van der Waals surface area contributed by atoms with E-state index in [1.54, 1.807) is 0 Å². The van der Waals surface area contributed by atoms with E-state index < -0.39 is 167 Å². The summed E-state index contributed by atoms with van der Waals surface area (Å²) in [7, 11) is 0. The first-order chi connectivity index (χ1) is 25.4. The predicted octanol–water partition coefficient (Wildman–Crippen LogP) is -9.68. The average molecular weight is 792 g/mol. The molecule has 0 aromatic carbocycles. The van der Waals surface area contributed by atoms with Crippen molar-refractivity contribution in [3.8, 4) is 0 Å². The molecule has 314 valence electrons. The van der Waals surface area contributed by atoms with E-state index in [1.165, 1.54) is 0 Å². The maximum absolute atomic E-state index is 12.3. The molecule has 0 unspecified atom stereocenters. The SMILES string of the molecule is CC(=O)N[C@H]1[C@H](O[C@H]2[C@H](O)[C@@H](NC(C)=O)[C@H](O[C@@H]([C@@H](O)[C@H](O)CO)[C@H](CO)NC(C)=O)O[C@@H]2CO)O[C@H](CO)[C@H](O[C@@H]2O[C@H](CO)[C@H](O)[C@H](O)[C@H]2O)[C@@H]1O. The van der Waals surface area contributed by atoms with Crippen molar-refractivity contribution in [2.45, 2.75) is 137 Å². The topological polar surface area (TPSA) is 385 Å². The number of aliphatic hydroxyl groups excluding tert-OH is 12. The van der Waals surface area contributed by atoms with Crippen LogP contribution >= 0.6 is 0 Å². The molecule has 0 aromatic rings. The summed E-state index contributed by atoms with van der Waals surface area (Å²) in [5.74, 6) is -2.25. The van der Waals surface area contributed by atoms with Gasteiger partial charge in [0.1, 0.15) is 91.4 Å². The van der Waals surface area contributed by atoms with Crippen LogP contribution in [-0.4, -0.2) is 228 Å². The van der Waals surface area contributed by atoms with Gasteiger partial charge in [-0.1, -0.05) is 0 Å². The maximum Gasteiger partial charge on any atom is 0.217 e. The molecule has 15 N–H and O–H groups in total. The molecule has 0 bridgehead atoms. The molecule has 0 aromatic heterocycles. The lowest BCUT2D eigenvalue weighted by molar-refractivity contribution is -0.364. The van der Waals surface area contributed by atoms with Gasteiger partial charge in [0.15, 0.2) is 18.9 Å². The third kappa shape index (κ3) is 11.0. The Balaban J connectivity index is 1.94. The highest BCUT2D eigenvalue weighted by Crippen LogP contribution is 2.33. The van der Waals surface area contributed by atoms with E-state index in [4.69, 9.17) is 28.4 Å². The normalized spacial score (nSPS) is 39.5. The van der Waals surface area contributed by atoms with Gasteiger partial charge in [-0.3, -0.25) is 14.4 Å². The maximum atomic E-state index is 12.3. The van der Waals surface area contributed by atoms with E-state index in [0.717, 1.165) is 20.8 Å². The molecule has 0 spiro atoms. The highest BCUT2D eigenvalue weighted by atomic mass is 16.8. The molecular weight excluding hydrogens is 738 g/mol. The van der Waals surface area contributed by atoms with Gasteiger partial charge in [-0.05, 0) is 0 Å². The molecule has 0 radical (unpaired) electrons. The van der Waals surface area contributed by atoms with Crippen LogP contribution < -0.4 is 16.0 Å². The molecule has 3 saturated heterocycles. The van der Waals surface area contributed by atoms with Gasteiger partial charge in [0.25, 0.3) is 0 Å². The van der Waals surface area contributed by atoms with E-state index in [0.29, 0.717) is 0 Å². The van der Waals surface area contributed by atoms with Crippen molar-refractivity contribution < 1.29 is 104 Å². The molecule has 54 heavy (non-hydrogen) atoms. The fraction of sp³-hybridized carbons (Fsp3) is 0.900. The van der Waals surface area contributed by atoms with Gasteiger partial charge >= 0.3 is 0 Å². The number of hydrogen-bond donors (Lipinski definition) is 15. The molecule has 3 amide bonds. The molecular formula is C30H53N3O21. The van der Waals surface area contributed by atoms with Crippen molar-refractivity contribution in [1.29, 1.82) is 0 Å². The molecule has 19 atom stereocenters. The molecule has 24 nitrogen and oxygen atoms in total. The van der Waals surface area contributed by atoms with Crippen LogP contribution in [0.3, 0.4) is 0 Å². The minimum atomic E-state index is -2.01. The number of carbonyl (C=O) groups excluding carboxylic acids is 3. The first kappa shape index (κ1) is 46.1. The van der Waals surface area contributed by atoms with Crippen LogP contribution in [0.15, 0.2) is 0 Å². The summed E-state index contributed by atoms with van der Waals surface area (Å²) in [6.07, 6.45) is -28.5. The Labute approximate surface area is 308 Å². The molecule has 0 saturated carbocycles. The van der Waals surface area contributed by atoms with Crippen LogP contribution in [-0.2, 0) is 42.8 Å². The lowest BCUT2D eigenvalue weighted by Crippen LogP contribution is -2.71. The van der Waals surface area contributed by atoms with Gasteiger partial charge < -0.3 is 106 Å². The molecule has 3 aliphatic rings. The summed E-state index contributed by atoms with van der Waals surface area (Å²) in [5.41, 5.74) is 0. The summed E-state index contributed by atoms with van der Waals surface area (Å²) in [6, 6.07) is -4.73. The first-order valence-electron chi connectivity index (χ1n) is 17.0. The fourth-order valence-corrected chi connectivity index (χ4v) is 6.36. The smallest absolute Gasteiger partial charge is 0.217 e. The van der Waals surface area contributed by atoms with Crippen LogP contribution in [0.4, 0.5) is 0 Å². The first-order valence-corrected chi connectivity index (χ1v) is 17.0. The van der Waals surface area contributed by atoms with Gasteiger partial charge in [0, 0.05) is 20.8 Å². The molecule has 24 heteroatoms. The highest BCUT2D eigenvalue weighted by molar-refractivity contribution is 5.74. The number of carbonyl (C=O) groups is 3. The van der Waals surface area contributed by atoms with E-state index >= 15 is 0 Å². The quantitative estimate of drug-likeness (QED) is 0.0650. The van der Waals surface area contributed by atoms with Crippen LogP contribution in [0.1, 0.15) is 20.8 Å². The Morgan fingerprint density at radius 3 is 1.50 bits per heavy atom. The number of aliphatic hydroxyl groups is 12. The van der Waals surface area contributed by atoms with Crippen molar-refractivity contribution in [2.75, 3.05) is 33.0 Å². The zero-order chi connectivity index (χ0) is 40.6. The molecule has 3 aliphatic heterocycles. The Hall–Kier alpha value is -2.31. The highest BCUT2D eigenvalue weighted by Gasteiger charge is 2.55. The second kappa shape index (κ2) is 20.7. The zero-order valence-electron chi connectivity index (χ0n) is 29.5. The Kier molecular flexibility index (Phi) is 17.7. The summed E-state index contributed by atoms with van der Waals surface area (Å²) in [4.78, 5) is 36.4. The molecule has 3 rings (SSSR count). The van der Waals surface area contributed by atoms with E-state index in [9.17, 15) is 75.7 Å². The van der Waals surface area contributed by atoms with Gasteiger partial charge in [0.05, 0.1) is 39.1 Å². The molecule has 0 aliphatic carbocycles. The minimum Gasteiger partial charge on any atom is -0.394 e. The van der Waals surface area contributed by atoms with Crippen LogP contribution in [0, 0.1) is 0 Å².